The Hall–Kier alpha value is -4.03. The van der Waals surface area contributed by atoms with Crippen molar-refractivity contribution in [3.8, 4) is 17.4 Å². The Labute approximate surface area is 195 Å². The van der Waals surface area contributed by atoms with Crippen LogP contribution in [0.3, 0.4) is 0 Å². The Bertz CT molecular complexity index is 1180. The van der Waals surface area contributed by atoms with Crippen molar-refractivity contribution in [3.63, 3.8) is 0 Å². The van der Waals surface area contributed by atoms with E-state index in [0.717, 1.165) is 12.1 Å². The molecular weight excluding hydrogens is 481 g/mol. The number of carbonyl (C=O) groups excluding carboxylic acids is 2. The molecule has 34 heavy (non-hydrogen) atoms. The number of urea groups is 1. The minimum atomic E-state index is -4.65. The van der Waals surface area contributed by atoms with Gasteiger partial charge in [0.2, 0.25) is 5.88 Å². The highest BCUT2D eigenvalue weighted by Gasteiger charge is 2.33. The summed E-state index contributed by atoms with van der Waals surface area (Å²) in [6.45, 7) is 0. The molecule has 3 amide bonds. The first kappa shape index (κ1) is 24.6. The maximum Gasteiger partial charge on any atom is 0.438 e. The quantitative estimate of drug-likeness (QED) is 0.370. The number of ether oxygens (including phenoxy) is 2. The highest BCUT2D eigenvalue weighted by Crippen LogP contribution is 2.36. The van der Waals surface area contributed by atoms with Gasteiger partial charge in [0.1, 0.15) is 11.5 Å². The van der Waals surface area contributed by atoms with Crippen LogP contribution in [0, 0.1) is 0 Å². The average molecular weight is 497 g/mol. The van der Waals surface area contributed by atoms with Crippen molar-refractivity contribution in [2.24, 2.45) is 0 Å². The van der Waals surface area contributed by atoms with E-state index in [1.807, 2.05) is 5.48 Å². The Balaban J connectivity index is 1.59. The fourth-order valence-corrected chi connectivity index (χ4v) is 2.79. The van der Waals surface area contributed by atoms with Gasteiger partial charge in [-0.05, 0) is 48.5 Å². The molecule has 0 bridgehead atoms. The summed E-state index contributed by atoms with van der Waals surface area (Å²) in [6, 6.07) is 11.3. The zero-order chi connectivity index (χ0) is 24.7. The van der Waals surface area contributed by atoms with Gasteiger partial charge < -0.3 is 20.1 Å². The molecule has 3 rings (SSSR count). The van der Waals surface area contributed by atoms with Crippen LogP contribution in [-0.4, -0.2) is 24.2 Å². The van der Waals surface area contributed by atoms with E-state index in [1.165, 1.54) is 55.8 Å². The monoisotopic (exact) mass is 496 g/mol. The molecule has 0 saturated carbocycles. The van der Waals surface area contributed by atoms with Gasteiger partial charge in [-0.15, -0.1) is 0 Å². The van der Waals surface area contributed by atoms with E-state index < -0.39 is 28.9 Å². The Morgan fingerprint density at radius 1 is 0.941 bits per heavy atom. The smallest absolute Gasteiger partial charge is 0.438 e. The molecule has 2 aromatic carbocycles. The number of anilines is 2. The topological polar surface area (TPSA) is 111 Å². The minimum Gasteiger partial charge on any atom is -0.457 e. The summed E-state index contributed by atoms with van der Waals surface area (Å²) in [5.74, 6) is 0.673. The Kier molecular flexibility index (Phi) is 7.76. The van der Waals surface area contributed by atoms with Crippen LogP contribution >= 0.6 is 11.6 Å². The number of alkyl halides is 3. The third kappa shape index (κ3) is 6.98. The van der Waals surface area contributed by atoms with Crippen molar-refractivity contribution < 1.29 is 37.1 Å². The number of carbonyl (C=O) groups is 2. The standard InChI is InChI=1S/C21H16ClF3N4O5/c1-32-29-20(31)34-18-11-15(8-9-26-18)33-14-5-2-12(3-6-14)27-19(30)28-13-4-7-17(22)16(10-13)21(23,24)25/h2-11H,1H3,(H,29,31)(H2,27,28,30). The summed E-state index contributed by atoms with van der Waals surface area (Å²) >= 11 is 5.57. The summed E-state index contributed by atoms with van der Waals surface area (Å²) < 4.78 is 49.4. The van der Waals surface area contributed by atoms with E-state index in [1.54, 1.807) is 0 Å². The summed E-state index contributed by atoms with van der Waals surface area (Å²) in [5, 5.41) is 4.33. The molecule has 0 aliphatic heterocycles. The van der Waals surface area contributed by atoms with Gasteiger partial charge in [0, 0.05) is 23.6 Å². The van der Waals surface area contributed by atoms with Gasteiger partial charge in [-0.25, -0.2) is 14.6 Å². The molecule has 0 radical (unpaired) electrons. The average Bonchev–Trinajstić information content (AvgIpc) is 2.76. The molecule has 9 nitrogen and oxygen atoms in total. The molecule has 0 aliphatic rings. The molecular formula is C21H16ClF3N4O5. The largest absolute Gasteiger partial charge is 0.457 e. The van der Waals surface area contributed by atoms with Gasteiger partial charge in [0.15, 0.2) is 0 Å². The number of aromatic nitrogens is 1. The SMILES string of the molecule is CONC(=O)Oc1cc(Oc2ccc(NC(=O)Nc3ccc(Cl)c(C(F)(F)F)c3)cc2)ccn1. The molecule has 0 atom stereocenters. The predicted octanol–water partition coefficient (Wildman–Crippen LogP) is 5.84. The molecule has 0 saturated heterocycles. The van der Waals surface area contributed by atoms with Crippen LogP contribution < -0.4 is 25.6 Å². The van der Waals surface area contributed by atoms with E-state index in [2.05, 4.69) is 20.5 Å². The maximum atomic E-state index is 13.0. The van der Waals surface area contributed by atoms with Crippen LogP contribution in [0.25, 0.3) is 0 Å². The van der Waals surface area contributed by atoms with Gasteiger partial charge >= 0.3 is 18.3 Å². The van der Waals surface area contributed by atoms with Crippen molar-refractivity contribution >= 4 is 35.1 Å². The van der Waals surface area contributed by atoms with Gasteiger partial charge in [-0.2, -0.15) is 18.7 Å². The van der Waals surface area contributed by atoms with E-state index in [0.29, 0.717) is 17.2 Å². The Morgan fingerprint density at radius 3 is 2.29 bits per heavy atom. The highest BCUT2D eigenvalue weighted by molar-refractivity contribution is 6.31. The first-order valence-electron chi connectivity index (χ1n) is 9.33. The number of hydrogen-bond acceptors (Lipinski definition) is 6. The molecule has 3 N–H and O–H groups in total. The summed E-state index contributed by atoms with van der Waals surface area (Å²) in [5.41, 5.74) is 1.19. The molecule has 0 unspecified atom stereocenters. The van der Waals surface area contributed by atoms with Crippen molar-refractivity contribution in [1.82, 2.24) is 10.5 Å². The van der Waals surface area contributed by atoms with Crippen molar-refractivity contribution in [2.75, 3.05) is 17.7 Å². The summed E-state index contributed by atoms with van der Waals surface area (Å²) in [6.07, 6.45) is -4.15. The van der Waals surface area contributed by atoms with E-state index in [9.17, 15) is 22.8 Å². The lowest BCUT2D eigenvalue weighted by atomic mass is 10.2. The fraction of sp³-hybridized carbons (Fsp3) is 0.0952. The third-order valence-electron chi connectivity index (χ3n) is 3.97. The summed E-state index contributed by atoms with van der Waals surface area (Å²) in [4.78, 5) is 31.8. The normalized spacial score (nSPS) is 10.9. The number of halogens is 4. The number of hydrogen-bond donors (Lipinski definition) is 3. The first-order valence-corrected chi connectivity index (χ1v) is 9.71. The number of hydroxylamine groups is 1. The van der Waals surface area contributed by atoms with Gasteiger partial charge in [-0.1, -0.05) is 11.6 Å². The molecule has 1 aromatic heterocycles. The Morgan fingerprint density at radius 2 is 1.62 bits per heavy atom. The van der Waals surface area contributed by atoms with E-state index in [4.69, 9.17) is 21.1 Å². The number of nitrogens with zero attached hydrogens (tertiary/aromatic N) is 1. The maximum absolute atomic E-state index is 13.0. The van der Waals surface area contributed by atoms with E-state index in [-0.39, 0.29) is 11.6 Å². The van der Waals surface area contributed by atoms with Crippen molar-refractivity contribution in [3.05, 3.63) is 71.4 Å². The lowest BCUT2D eigenvalue weighted by Crippen LogP contribution is -2.25. The summed E-state index contributed by atoms with van der Waals surface area (Å²) in [7, 11) is 1.25. The molecule has 3 aromatic rings. The second kappa shape index (κ2) is 10.7. The van der Waals surface area contributed by atoms with Crippen LogP contribution in [0.1, 0.15) is 5.56 Å². The third-order valence-corrected chi connectivity index (χ3v) is 4.30. The second-order valence-electron chi connectivity index (χ2n) is 6.42. The molecule has 0 aliphatic carbocycles. The molecule has 178 valence electrons. The molecule has 0 fully saturated rings. The van der Waals surface area contributed by atoms with Crippen LogP contribution in [0.5, 0.6) is 17.4 Å². The molecule has 13 heteroatoms. The zero-order valence-corrected chi connectivity index (χ0v) is 18.0. The number of benzene rings is 2. The lowest BCUT2D eigenvalue weighted by Gasteiger charge is -2.12. The van der Waals surface area contributed by atoms with Crippen LogP contribution in [0.4, 0.5) is 34.1 Å². The second-order valence-corrected chi connectivity index (χ2v) is 6.83. The number of nitrogens with one attached hydrogen (secondary N) is 3. The molecule has 1 heterocycles. The minimum absolute atomic E-state index is 0.0297. The van der Waals surface area contributed by atoms with Gasteiger partial charge in [0.25, 0.3) is 0 Å². The predicted molar refractivity (Wildman–Crippen MR) is 116 cm³/mol. The lowest BCUT2D eigenvalue weighted by molar-refractivity contribution is -0.137. The number of pyridine rings is 1. The first-order chi connectivity index (χ1) is 16.1. The van der Waals surface area contributed by atoms with Crippen molar-refractivity contribution in [2.45, 2.75) is 6.18 Å². The number of amides is 3. The van der Waals surface area contributed by atoms with Crippen molar-refractivity contribution in [1.29, 1.82) is 0 Å². The van der Waals surface area contributed by atoms with Crippen LogP contribution in [0.2, 0.25) is 5.02 Å². The van der Waals surface area contributed by atoms with Crippen LogP contribution in [-0.2, 0) is 11.0 Å². The number of rotatable bonds is 6. The van der Waals surface area contributed by atoms with Gasteiger partial charge in [0.05, 0.1) is 17.7 Å². The zero-order valence-electron chi connectivity index (χ0n) is 17.3. The van der Waals surface area contributed by atoms with Crippen LogP contribution in [0.15, 0.2) is 60.8 Å². The van der Waals surface area contributed by atoms with Gasteiger partial charge in [-0.3, -0.25) is 4.84 Å². The fourth-order valence-electron chi connectivity index (χ4n) is 2.57. The van der Waals surface area contributed by atoms with E-state index >= 15 is 0 Å². The highest BCUT2D eigenvalue weighted by atomic mass is 35.5. The molecule has 0 spiro atoms.